The minimum Gasteiger partial charge on any atom is -0.372 e. The number of pyridine rings is 1. The van der Waals surface area contributed by atoms with Crippen LogP contribution in [0.3, 0.4) is 0 Å². The van der Waals surface area contributed by atoms with Gasteiger partial charge in [0.1, 0.15) is 22.8 Å². The average molecular weight is 398 g/mol. The van der Waals surface area contributed by atoms with Gasteiger partial charge in [-0.1, -0.05) is 24.4 Å². The first-order valence-electron chi connectivity index (χ1n) is 9.98. The first-order valence-corrected chi connectivity index (χ1v) is 10.4. The maximum absolute atomic E-state index is 6.48. The molecule has 1 saturated carbocycles. The van der Waals surface area contributed by atoms with Crippen LogP contribution in [0.25, 0.3) is 22.4 Å². The smallest absolute Gasteiger partial charge is 0.177 e. The highest BCUT2D eigenvalue weighted by Crippen LogP contribution is 2.46. The minimum atomic E-state index is 0.530. The van der Waals surface area contributed by atoms with Crippen molar-refractivity contribution >= 4 is 34.4 Å². The number of fused-ring (bicyclic) bond motifs is 1. The Bertz CT molecular complexity index is 999. The zero-order chi connectivity index (χ0) is 19.1. The van der Waals surface area contributed by atoms with Crippen molar-refractivity contribution in [3.05, 3.63) is 23.5 Å². The van der Waals surface area contributed by atoms with E-state index in [1.165, 1.54) is 38.5 Å². The maximum Gasteiger partial charge on any atom is 0.177 e. The highest BCUT2D eigenvalue weighted by Gasteiger charge is 2.37. The molecular formula is C20H24ClN7. The molecular weight excluding hydrogens is 374 g/mol. The first kappa shape index (κ1) is 17.7. The van der Waals surface area contributed by atoms with Gasteiger partial charge >= 0.3 is 0 Å². The van der Waals surface area contributed by atoms with Gasteiger partial charge in [0.15, 0.2) is 5.65 Å². The summed E-state index contributed by atoms with van der Waals surface area (Å²) >= 11 is 6.48. The molecule has 0 amide bonds. The zero-order valence-corrected chi connectivity index (χ0v) is 16.8. The number of piperidine rings is 1. The number of aromatic nitrogens is 5. The van der Waals surface area contributed by atoms with Gasteiger partial charge in [0.25, 0.3) is 0 Å². The van der Waals surface area contributed by atoms with Crippen molar-refractivity contribution in [2.75, 3.05) is 30.4 Å². The van der Waals surface area contributed by atoms with Gasteiger partial charge in [0.2, 0.25) is 0 Å². The largest absolute Gasteiger partial charge is 0.372 e. The van der Waals surface area contributed by atoms with Crippen molar-refractivity contribution in [1.29, 1.82) is 0 Å². The molecule has 4 heterocycles. The Morgan fingerprint density at radius 1 is 1.14 bits per heavy atom. The van der Waals surface area contributed by atoms with Crippen molar-refractivity contribution in [1.82, 2.24) is 25.1 Å². The van der Waals surface area contributed by atoms with E-state index >= 15 is 0 Å². The fourth-order valence-corrected chi connectivity index (χ4v) is 5.06. The number of halogens is 1. The van der Waals surface area contributed by atoms with Gasteiger partial charge in [0.05, 0.1) is 11.2 Å². The van der Waals surface area contributed by atoms with Gasteiger partial charge in [-0.3, -0.25) is 5.10 Å². The molecule has 2 N–H and O–H groups in total. The Hall–Kier alpha value is -2.41. The summed E-state index contributed by atoms with van der Waals surface area (Å²) in [6.45, 7) is 2.12. The zero-order valence-electron chi connectivity index (χ0n) is 16.0. The molecule has 3 aromatic heterocycles. The summed E-state index contributed by atoms with van der Waals surface area (Å²) in [5.74, 6) is 1.54. The molecule has 0 unspecified atom stereocenters. The molecule has 1 aliphatic carbocycles. The van der Waals surface area contributed by atoms with Gasteiger partial charge in [-0.15, -0.1) is 0 Å². The first-order chi connectivity index (χ1) is 13.7. The Morgan fingerprint density at radius 3 is 2.68 bits per heavy atom. The lowest BCUT2D eigenvalue weighted by Crippen LogP contribution is -2.39. The number of nitrogens with one attached hydrogen (secondary N) is 2. The Balaban J connectivity index is 1.43. The molecule has 28 heavy (non-hydrogen) atoms. The summed E-state index contributed by atoms with van der Waals surface area (Å²) in [6, 6.07) is 1.85. The molecule has 5 rings (SSSR count). The monoisotopic (exact) mass is 397 g/mol. The van der Waals surface area contributed by atoms with Crippen LogP contribution >= 0.6 is 11.6 Å². The number of aromatic amines is 1. The van der Waals surface area contributed by atoms with Crippen LogP contribution in [0.4, 0.5) is 11.6 Å². The average Bonchev–Trinajstić information content (AvgIpc) is 3.36. The summed E-state index contributed by atoms with van der Waals surface area (Å²) in [6.07, 6.45) is 11.7. The molecule has 2 fully saturated rings. The third-order valence-corrected chi connectivity index (χ3v) is 6.83. The maximum atomic E-state index is 6.48. The minimum absolute atomic E-state index is 0.530. The van der Waals surface area contributed by atoms with Crippen molar-refractivity contribution in [3.63, 3.8) is 0 Å². The molecule has 1 aliphatic heterocycles. The fourth-order valence-electron chi connectivity index (χ4n) is 4.77. The molecule has 0 radical (unpaired) electrons. The van der Waals surface area contributed by atoms with Crippen LogP contribution in [0.5, 0.6) is 0 Å². The third kappa shape index (κ3) is 2.89. The van der Waals surface area contributed by atoms with Gasteiger partial charge in [-0.2, -0.15) is 5.10 Å². The molecule has 2 aliphatic rings. The van der Waals surface area contributed by atoms with Crippen LogP contribution in [-0.2, 0) is 0 Å². The van der Waals surface area contributed by atoms with E-state index in [9.17, 15) is 0 Å². The topological polar surface area (TPSA) is 82.6 Å². The summed E-state index contributed by atoms with van der Waals surface area (Å²) < 4.78 is 0. The number of anilines is 2. The third-order valence-electron chi connectivity index (χ3n) is 6.45. The molecule has 1 saturated heterocycles. The molecule has 0 aromatic carbocycles. The van der Waals surface area contributed by atoms with Crippen molar-refractivity contribution in [3.8, 4) is 11.3 Å². The molecule has 3 aromatic rings. The standard InChI is InChI=1S/C20H24ClN7/c1-22-18-15(21)13(4-9-23-18)16-17-19(27-26-16)25-14(12-24-17)28-10-7-20(8-11-28)5-2-3-6-20/h4,9,12H,2-3,5-8,10-11H2,1H3,(H,22,23)(H,25,26,27). The van der Waals surface area contributed by atoms with Gasteiger partial charge in [-0.25, -0.2) is 15.0 Å². The van der Waals surface area contributed by atoms with Crippen LogP contribution in [-0.4, -0.2) is 45.3 Å². The van der Waals surface area contributed by atoms with Gasteiger partial charge < -0.3 is 10.2 Å². The van der Waals surface area contributed by atoms with Crippen molar-refractivity contribution in [2.24, 2.45) is 5.41 Å². The number of hydrogen-bond donors (Lipinski definition) is 2. The highest BCUT2D eigenvalue weighted by molar-refractivity contribution is 6.35. The normalized spacial score (nSPS) is 18.9. The molecule has 0 atom stereocenters. The quantitative estimate of drug-likeness (QED) is 0.686. The predicted molar refractivity (Wildman–Crippen MR) is 112 cm³/mol. The molecule has 7 nitrogen and oxygen atoms in total. The van der Waals surface area contributed by atoms with E-state index < -0.39 is 0 Å². The lowest BCUT2D eigenvalue weighted by atomic mass is 9.77. The fraction of sp³-hybridized carbons (Fsp3) is 0.500. The van der Waals surface area contributed by atoms with E-state index in [-0.39, 0.29) is 0 Å². The van der Waals surface area contributed by atoms with Crippen LogP contribution in [0.2, 0.25) is 5.02 Å². The van der Waals surface area contributed by atoms with Crippen molar-refractivity contribution < 1.29 is 0 Å². The van der Waals surface area contributed by atoms with E-state index in [0.29, 0.717) is 27.6 Å². The Kier molecular flexibility index (Phi) is 4.34. The SMILES string of the molecule is CNc1nccc(-c2n[nH]c3nc(N4CCC5(CCCC5)CC4)cnc23)c1Cl. The van der Waals surface area contributed by atoms with E-state index in [4.69, 9.17) is 16.6 Å². The molecule has 1 spiro atoms. The number of nitrogens with zero attached hydrogens (tertiary/aromatic N) is 5. The van der Waals surface area contributed by atoms with E-state index in [0.717, 1.165) is 30.0 Å². The van der Waals surface area contributed by atoms with Crippen molar-refractivity contribution in [2.45, 2.75) is 38.5 Å². The lowest BCUT2D eigenvalue weighted by Gasteiger charge is -2.39. The second-order valence-electron chi connectivity index (χ2n) is 7.96. The Labute approximate surface area is 168 Å². The summed E-state index contributed by atoms with van der Waals surface area (Å²) in [7, 11) is 1.79. The number of H-pyrrole nitrogens is 1. The van der Waals surface area contributed by atoms with Crippen LogP contribution in [0.1, 0.15) is 38.5 Å². The van der Waals surface area contributed by atoms with E-state index in [1.54, 1.807) is 13.2 Å². The molecule has 0 bridgehead atoms. The highest BCUT2D eigenvalue weighted by atomic mass is 35.5. The molecule has 8 heteroatoms. The lowest BCUT2D eigenvalue weighted by molar-refractivity contribution is 0.226. The predicted octanol–water partition coefficient (Wildman–Crippen LogP) is 4.27. The van der Waals surface area contributed by atoms with E-state index in [2.05, 4.69) is 30.4 Å². The van der Waals surface area contributed by atoms with Gasteiger partial charge in [-0.05, 0) is 37.2 Å². The number of hydrogen-bond acceptors (Lipinski definition) is 6. The van der Waals surface area contributed by atoms with Crippen LogP contribution < -0.4 is 10.2 Å². The second kappa shape index (κ2) is 6.88. The van der Waals surface area contributed by atoms with Crippen LogP contribution in [0, 0.1) is 5.41 Å². The summed E-state index contributed by atoms with van der Waals surface area (Å²) in [4.78, 5) is 16.1. The molecule has 146 valence electrons. The van der Waals surface area contributed by atoms with Crippen LogP contribution in [0.15, 0.2) is 18.5 Å². The second-order valence-corrected chi connectivity index (χ2v) is 8.34. The van der Waals surface area contributed by atoms with E-state index in [1.807, 2.05) is 12.3 Å². The van der Waals surface area contributed by atoms with Gasteiger partial charge in [0, 0.05) is 31.9 Å². The number of rotatable bonds is 3. The summed E-state index contributed by atoms with van der Waals surface area (Å²) in [5, 5.41) is 11.0. The summed E-state index contributed by atoms with van der Waals surface area (Å²) in [5.41, 5.74) is 3.49. The Morgan fingerprint density at radius 2 is 1.93 bits per heavy atom.